The lowest BCUT2D eigenvalue weighted by Crippen LogP contribution is -2.39. The van der Waals surface area contributed by atoms with Gasteiger partial charge in [-0.05, 0) is 56.0 Å². The summed E-state index contributed by atoms with van der Waals surface area (Å²) in [5, 5.41) is 9.93. The molecular formula is C26H25F3N2O4S. The molecule has 10 heteroatoms. The van der Waals surface area contributed by atoms with Crippen molar-refractivity contribution < 1.29 is 32.7 Å². The third-order valence-electron chi connectivity index (χ3n) is 6.12. The number of amides is 1. The summed E-state index contributed by atoms with van der Waals surface area (Å²) in [4.78, 5) is 39.5. The highest BCUT2D eigenvalue weighted by atomic mass is 32.1. The Balaban J connectivity index is 0.00000176. The van der Waals surface area contributed by atoms with Crippen LogP contribution in [0.3, 0.4) is 0 Å². The van der Waals surface area contributed by atoms with E-state index in [9.17, 15) is 27.9 Å². The number of carbonyl (C=O) groups excluding carboxylic acids is 2. The zero-order chi connectivity index (χ0) is 26.6. The Hall–Kier alpha value is -3.53. The van der Waals surface area contributed by atoms with E-state index in [2.05, 4.69) is 4.98 Å². The second-order valence-corrected chi connectivity index (χ2v) is 9.48. The number of alkyl halides is 3. The highest BCUT2D eigenvalue weighted by Crippen LogP contribution is 2.35. The summed E-state index contributed by atoms with van der Waals surface area (Å²) >= 11 is 1.17. The largest absolute Gasteiger partial charge is 0.478 e. The lowest BCUT2D eigenvalue weighted by atomic mass is 9.88. The summed E-state index contributed by atoms with van der Waals surface area (Å²) in [6, 6.07) is 10.2. The quantitative estimate of drug-likeness (QED) is 0.459. The number of benzene rings is 2. The molecule has 36 heavy (non-hydrogen) atoms. The van der Waals surface area contributed by atoms with Crippen LogP contribution in [0.2, 0.25) is 0 Å². The van der Waals surface area contributed by atoms with Gasteiger partial charge in [-0.1, -0.05) is 24.3 Å². The SMILES string of the molecule is C=O.Cc1ccc([C@H]2CCCN(C(=O)c3sc(-c4ccc(C(F)(F)F)cc4)nc3C)C2)cc1C(=O)O. The van der Waals surface area contributed by atoms with E-state index in [0.29, 0.717) is 39.8 Å². The minimum absolute atomic E-state index is 0.0269. The molecule has 1 saturated heterocycles. The van der Waals surface area contributed by atoms with Gasteiger partial charge < -0.3 is 14.8 Å². The van der Waals surface area contributed by atoms with Gasteiger partial charge >= 0.3 is 12.1 Å². The monoisotopic (exact) mass is 518 g/mol. The van der Waals surface area contributed by atoms with Gasteiger partial charge in [0.15, 0.2) is 0 Å². The molecule has 0 saturated carbocycles. The Morgan fingerprint density at radius 2 is 1.78 bits per heavy atom. The fourth-order valence-corrected chi connectivity index (χ4v) is 5.26. The lowest BCUT2D eigenvalue weighted by molar-refractivity contribution is -0.137. The number of carboxylic acid groups (broad SMARTS) is 1. The topological polar surface area (TPSA) is 87.6 Å². The third-order valence-corrected chi connectivity index (χ3v) is 7.32. The number of carboxylic acids is 1. The number of carbonyl (C=O) groups is 3. The van der Waals surface area contributed by atoms with E-state index in [1.54, 1.807) is 30.9 Å². The van der Waals surface area contributed by atoms with E-state index in [1.807, 2.05) is 12.9 Å². The van der Waals surface area contributed by atoms with Gasteiger partial charge in [-0.2, -0.15) is 13.2 Å². The van der Waals surface area contributed by atoms with Crippen LogP contribution in [0.15, 0.2) is 42.5 Å². The Morgan fingerprint density at radius 1 is 1.11 bits per heavy atom. The third kappa shape index (κ3) is 5.81. The molecule has 4 rings (SSSR count). The maximum atomic E-state index is 13.3. The van der Waals surface area contributed by atoms with Crippen molar-refractivity contribution in [1.29, 1.82) is 0 Å². The first-order chi connectivity index (χ1) is 17.0. The molecule has 1 fully saturated rings. The molecule has 3 aromatic rings. The Morgan fingerprint density at radius 3 is 2.39 bits per heavy atom. The molecule has 2 heterocycles. The summed E-state index contributed by atoms with van der Waals surface area (Å²) in [6.45, 7) is 6.52. The van der Waals surface area contributed by atoms with E-state index in [-0.39, 0.29) is 17.4 Å². The van der Waals surface area contributed by atoms with E-state index in [4.69, 9.17) is 4.79 Å². The highest BCUT2D eigenvalue weighted by molar-refractivity contribution is 7.17. The van der Waals surface area contributed by atoms with Crippen LogP contribution in [-0.2, 0) is 11.0 Å². The standard InChI is InChI=1S/C25H23F3N2O3S.CH2O/c1-14-5-6-17(12-20(14)24(32)33)18-4-3-11-30(13-18)23(31)21-15(2)29-22(34-21)16-7-9-19(10-8-16)25(26,27)28;1-2/h5-10,12,18H,3-4,11,13H2,1-2H3,(H,32,33);1H2/t18-;/m0./s1. The molecule has 1 atom stereocenters. The minimum Gasteiger partial charge on any atom is -0.478 e. The van der Waals surface area contributed by atoms with Gasteiger partial charge in [-0.3, -0.25) is 4.79 Å². The second kappa shape index (κ2) is 11.0. The van der Waals surface area contributed by atoms with Crippen molar-refractivity contribution in [3.8, 4) is 10.6 Å². The molecule has 6 nitrogen and oxygen atoms in total. The fraction of sp³-hybridized carbons (Fsp3) is 0.308. The normalized spacial score (nSPS) is 15.7. The number of rotatable bonds is 4. The Kier molecular flexibility index (Phi) is 8.29. The predicted octanol–water partition coefficient (Wildman–Crippen LogP) is 5.98. The van der Waals surface area contributed by atoms with Crippen LogP contribution in [0.5, 0.6) is 0 Å². The van der Waals surface area contributed by atoms with Crippen LogP contribution < -0.4 is 0 Å². The van der Waals surface area contributed by atoms with E-state index >= 15 is 0 Å². The van der Waals surface area contributed by atoms with Crippen molar-refractivity contribution in [3.05, 3.63) is 75.3 Å². The molecule has 1 amide bonds. The van der Waals surface area contributed by atoms with Crippen LogP contribution in [0.4, 0.5) is 13.2 Å². The Bertz CT molecular complexity index is 1260. The number of halogens is 3. The summed E-state index contributed by atoms with van der Waals surface area (Å²) in [6.07, 6.45) is -2.77. The van der Waals surface area contributed by atoms with Crippen molar-refractivity contribution in [3.63, 3.8) is 0 Å². The summed E-state index contributed by atoms with van der Waals surface area (Å²) < 4.78 is 38.5. The van der Waals surface area contributed by atoms with Crippen LogP contribution >= 0.6 is 11.3 Å². The lowest BCUT2D eigenvalue weighted by Gasteiger charge is -2.33. The van der Waals surface area contributed by atoms with E-state index in [1.165, 1.54) is 23.5 Å². The Labute approximate surface area is 210 Å². The van der Waals surface area contributed by atoms with Gasteiger partial charge in [-0.25, -0.2) is 9.78 Å². The molecule has 190 valence electrons. The molecular weight excluding hydrogens is 493 g/mol. The van der Waals surface area contributed by atoms with Crippen LogP contribution in [-0.4, -0.2) is 46.7 Å². The van der Waals surface area contributed by atoms with Crippen molar-refractivity contribution in [1.82, 2.24) is 9.88 Å². The molecule has 0 unspecified atom stereocenters. The van der Waals surface area contributed by atoms with Gasteiger partial charge in [-0.15, -0.1) is 11.3 Å². The van der Waals surface area contributed by atoms with E-state index < -0.39 is 17.7 Å². The highest BCUT2D eigenvalue weighted by Gasteiger charge is 2.31. The van der Waals surface area contributed by atoms with Gasteiger partial charge in [0, 0.05) is 24.6 Å². The predicted molar refractivity (Wildman–Crippen MR) is 130 cm³/mol. The molecule has 2 aromatic carbocycles. The van der Waals surface area contributed by atoms with Crippen LogP contribution in [0.1, 0.15) is 61.2 Å². The average molecular weight is 519 g/mol. The number of piperidine rings is 1. The van der Waals surface area contributed by atoms with Crippen LogP contribution in [0.25, 0.3) is 10.6 Å². The number of hydrogen-bond donors (Lipinski definition) is 1. The van der Waals surface area contributed by atoms with Crippen LogP contribution in [0, 0.1) is 13.8 Å². The van der Waals surface area contributed by atoms with Gasteiger partial charge in [0.1, 0.15) is 16.7 Å². The van der Waals surface area contributed by atoms with Crippen molar-refractivity contribution in [2.24, 2.45) is 0 Å². The van der Waals surface area contributed by atoms with E-state index in [0.717, 1.165) is 30.5 Å². The number of aromatic carboxylic acids is 1. The van der Waals surface area contributed by atoms with Gasteiger partial charge in [0.2, 0.25) is 0 Å². The maximum absolute atomic E-state index is 13.3. The molecule has 0 aliphatic carbocycles. The molecule has 1 aliphatic rings. The van der Waals surface area contributed by atoms with Crippen molar-refractivity contribution in [2.45, 2.75) is 38.8 Å². The zero-order valence-corrected chi connectivity index (χ0v) is 20.6. The number of thiazole rings is 1. The average Bonchev–Trinajstić information content (AvgIpc) is 3.26. The minimum atomic E-state index is -4.41. The van der Waals surface area contributed by atoms with Crippen molar-refractivity contribution >= 4 is 30.0 Å². The zero-order valence-electron chi connectivity index (χ0n) is 19.8. The molecule has 1 aromatic heterocycles. The first-order valence-corrected chi connectivity index (χ1v) is 11.9. The second-order valence-electron chi connectivity index (χ2n) is 8.48. The smallest absolute Gasteiger partial charge is 0.416 e. The van der Waals surface area contributed by atoms with Gasteiger partial charge in [0.25, 0.3) is 5.91 Å². The molecule has 1 N–H and O–H groups in total. The molecule has 0 radical (unpaired) electrons. The summed E-state index contributed by atoms with van der Waals surface area (Å²) in [7, 11) is 0. The first kappa shape index (κ1) is 27.1. The maximum Gasteiger partial charge on any atom is 0.416 e. The fourth-order valence-electron chi connectivity index (χ4n) is 4.22. The number of hydrogen-bond acceptors (Lipinski definition) is 5. The summed E-state index contributed by atoms with van der Waals surface area (Å²) in [5.74, 6) is -1.11. The number of aryl methyl sites for hydroxylation is 2. The first-order valence-electron chi connectivity index (χ1n) is 11.1. The molecule has 0 spiro atoms. The summed E-state index contributed by atoms with van der Waals surface area (Å²) in [5.41, 5.74) is 2.18. The number of nitrogens with zero attached hydrogens (tertiary/aromatic N) is 2. The van der Waals surface area contributed by atoms with Crippen molar-refractivity contribution in [2.75, 3.05) is 13.1 Å². The number of aromatic nitrogens is 1. The number of likely N-dealkylation sites (tertiary alicyclic amines) is 1. The molecule has 1 aliphatic heterocycles. The molecule has 0 bridgehead atoms. The van der Waals surface area contributed by atoms with Gasteiger partial charge in [0.05, 0.1) is 16.8 Å².